The van der Waals surface area contributed by atoms with Crippen molar-refractivity contribution in [2.24, 2.45) is 0 Å². The summed E-state index contributed by atoms with van der Waals surface area (Å²) in [6.45, 7) is 0. The third-order valence-electron chi connectivity index (χ3n) is 9.97. The van der Waals surface area contributed by atoms with Gasteiger partial charge in [0.2, 0.25) is 0 Å². The van der Waals surface area contributed by atoms with E-state index < -0.39 is 0 Å². The summed E-state index contributed by atoms with van der Waals surface area (Å²) in [4.78, 5) is 11.1. The van der Waals surface area contributed by atoms with Crippen LogP contribution in [-0.4, -0.2) is 9.97 Å². The molecule has 0 aliphatic carbocycles. The lowest BCUT2D eigenvalue weighted by molar-refractivity contribution is 0.669. The van der Waals surface area contributed by atoms with Crippen molar-refractivity contribution in [3.63, 3.8) is 0 Å². The van der Waals surface area contributed by atoms with Crippen molar-refractivity contribution in [2.45, 2.75) is 0 Å². The van der Waals surface area contributed by atoms with Gasteiger partial charge >= 0.3 is 0 Å². The van der Waals surface area contributed by atoms with Crippen LogP contribution in [0.3, 0.4) is 0 Å². The van der Waals surface area contributed by atoms with Crippen LogP contribution < -0.4 is 0 Å². The molecule has 4 aromatic heterocycles. The first-order valence-electron chi connectivity index (χ1n) is 17.0. The summed E-state index contributed by atoms with van der Waals surface area (Å²) >= 11 is 1.68. The van der Waals surface area contributed by atoms with Gasteiger partial charge in [0, 0.05) is 48.3 Å². The number of furan rings is 2. The van der Waals surface area contributed by atoms with Gasteiger partial charge in [-0.25, -0.2) is 9.97 Å². The fourth-order valence-corrected chi connectivity index (χ4v) is 8.48. The normalized spacial score (nSPS) is 11.9. The van der Waals surface area contributed by atoms with E-state index in [-0.39, 0.29) is 0 Å². The third kappa shape index (κ3) is 4.45. The van der Waals surface area contributed by atoms with Crippen LogP contribution in [0.15, 0.2) is 167 Å². The molecule has 0 aliphatic rings. The van der Waals surface area contributed by atoms with E-state index in [2.05, 4.69) is 127 Å². The zero-order valence-corrected chi connectivity index (χ0v) is 27.9. The monoisotopic (exact) mass is 670 g/mol. The average molecular weight is 671 g/mol. The molecule has 0 fully saturated rings. The Hall–Kier alpha value is -6.56. The molecule has 0 N–H and O–H groups in total. The highest BCUT2D eigenvalue weighted by molar-refractivity contribution is 7.25. The van der Waals surface area contributed by atoms with Crippen molar-refractivity contribution in [3.8, 4) is 44.6 Å². The van der Waals surface area contributed by atoms with Crippen LogP contribution in [0.5, 0.6) is 0 Å². The van der Waals surface area contributed by atoms with E-state index in [1.54, 1.807) is 11.3 Å². The molecule has 0 spiro atoms. The standard InChI is InChI=1S/C46H26N2O2S/c1-3-19-40-34(13-1)36-17-7-15-32(44(36)49-40)29-10-5-9-27(23-29)28-21-22-42-38(25-28)43-46(51-42)47-26-39(48-43)31-12-6-11-30(24-31)33-16-8-18-37-35-14-2-4-20-41(35)50-45(33)37/h1-26H. The highest BCUT2D eigenvalue weighted by Gasteiger charge is 2.16. The zero-order valence-electron chi connectivity index (χ0n) is 27.1. The molecule has 0 bridgehead atoms. The van der Waals surface area contributed by atoms with Crippen molar-refractivity contribution < 1.29 is 8.83 Å². The van der Waals surface area contributed by atoms with Gasteiger partial charge in [-0.05, 0) is 58.7 Å². The first-order chi connectivity index (χ1) is 25.2. The van der Waals surface area contributed by atoms with E-state index in [1.807, 2.05) is 30.5 Å². The quantitative estimate of drug-likeness (QED) is 0.187. The van der Waals surface area contributed by atoms with Crippen LogP contribution in [0.25, 0.3) is 109 Å². The van der Waals surface area contributed by atoms with Crippen molar-refractivity contribution in [3.05, 3.63) is 158 Å². The molecule has 11 rings (SSSR count). The number of hydrogen-bond acceptors (Lipinski definition) is 5. The maximum atomic E-state index is 6.37. The van der Waals surface area contributed by atoms with E-state index >= 15 is 0 Å². The molecule has 0 radical (unpaired) electrons. The molecule has 5 heteroatoms. The van der Waals surface area contributed by atoms with Crippen LogP contribution in [0.2, 0.25) is 0 Å². The minimum atomic E-state index is 0.840. The average Bonchev–Trinajstić information content (AvgIpc) is 3.89. The van der Waals surface area contributed by atoms with Crippen LogP contribution in [0.4, 0.5) is 0 Å². The van der Waals surface area contributed by atoms with Crippen LogP contribution in [-0.2, 0) is 0 Å². The molecule has 7 aromatic carbocycles. The Labute approximate surface area is 295 Å². The predicted molar refractivity (Wildman–Crippen MR) is 211 cm³/mol. The molecule has 0 saturated carbocycles. The molecule has 238 valence electrons. The minimum absolute atomic E-state index is 0.840. The zero-order chi connectivity index (χ0) is 33.5. The van der Waals surface area contributed by atoms with Gasteiger partial charge in [0.1, 0.15) is 32.7 Å². The molecule has 4 heterocycles. The van der Waals surface area contributed by atoms with Gasteiger partial charge in [0.25, 0.3) is 0 Å². The van der Waals surface area contributed by atoms with Gasteiger partial charge in [-0.3, -0.25) is 0 Å². The van der Waals surface area contributed by atoms with Crippen molar-refractivity contribution in [2.75, 3.05) is 0 Å². The molecular formula is C46H26N2O2S. The lowest BCUT2D eigenvalue weighted by atomic mass is 9.97. The Morgan fingerprint density at radius 2 is 0.980 bits per heavy atom. The highest BCUT2D eigenvalue weighted by atomic mass is 32.1. The SMILES string of the molecule is c1cc(-c2ccc3sc4ncc(-c5cccc(-c6cccc7c6oc6ccccc67)c5)nc4c3c2)cc(-c2cccc3c2oc2ccccc23)c1. The second-order valence-corrected chi connectivity index (χ2v) is 14.0. The number of benzene rings is 7. The summed E-state index contributed by atoms with van der Waals surface area (Å²) in [6, 6.07) is 53.0. The van der Waals surface area contributed by atoms with Crippen molar-refractivity contribution in [1.29, 1.82) is 0 Å². The highest BCUT2D eigenvalue weighted by Crippen LogP contribution is 2.40. The summed E-state index contributed by atoms with van der Waals surface area (Å²) in [5.74, 6) is 0. The smallest absolute Gasteiger partial charge is 0.143 e. The van der Waals surface area contributed by atoms with E-state index in [9.17, 15) is 0 Å². The topological polar surface area (TPSA) is 52.1 Å². The lowest BCUT2D eigenvalue weighted by Crippen LogP contribution is -1.88. The Bertz CT molecular complexity index is 2950. The van der Waals surface area contributed by atoms with Gasteiger partial charge in [-0.15, -0.1) is 11.3 Å². The van der Waals surface area contributed by atoms with Gasteiger partial charge in [0.05, 0.1) is 11.9 Å². The van der Waals surface area contributed by atoms with Crippen LogP contribution in [0.1, 0.15) is 0 Å². The maximum Gasteiger partial charge on any atom is 0.143 e. The number of fused-ring (bicyclic) bond motifs is 9. The number of hydrogen-bond donors (Lipinski definition) is 0. The number of thiophene rings is 1. The third-order valence-corrected chi connectivity index (χ3v) is 11.0. The van der Waals surface area contributed by atoms with Crippen LogP contribution in [0, 0.1) is 0 Å². The largest absolute Gasteiger partial charge is 0.455 e. The molecule has 0 aliphatic heterocycles. The first-order valence-corrected chi connectivity index (χ1v) is 17.8. The Morgan fingerprint density at radius 1 is 0.431 bits per heavy atom. The molecule has 11 aromatic rings. The van der Waals surface area contributed by atoms with E-state index in [1.165, 1.54) is 4.70 Å². The summed E-state index contributed by atoms with van der Waals surface area (Å²) in [7, 11) is 0. The summed E-state index contributed by atoms with van der Waals surface area (Å²) in [5, 5.41) is 5.62. The number of nitrogens with zero attached hydrogens (tertiary/aromatic N) is 2. The summed E-state index contributed by atoms with van der Waals surface area (Å²) in [6.07, 6.45) is 1.89. The van der Waals surface area contributed by atoms with Gasteiger partial charge in [-0.2, -0.15) is 0 Å². The number of aromatic nitrogens is 2. The summed E-state index contributed by atoms with van der Waals surface area (Å²) < 4.78 is 13.9. The molecular weight excluding hydrogens is 645 g/mol. The molecule has 0 amide bonds. The van der Waals surface area contributed by atoms with Gasteiger partial charge in [0.15, 0.2) is 0 Å². The van der Waals surface area contributed by atoms with Crippen LogP contribution >= 0.6 is 11.3 Å². The van der Waals surface area contributed by atoms with Gasteiger partial charge < -0.3 is 8.83 Å². The fraction of sp³-hybridized carbons (Fsp3) is 0. The number of rotatable bonds is 4. The molecule has 0 atom stereocenters. The van der Waals surface area contributed by atoms with E-state index in [0.717, 1.165) is 104 Å². The Balaban J connectivity index is 0.994. The predicted octanol–water partition coefficient (Wildman–Crippen LogP) is 13.3. The molecule has 0 saturated heterocycles. The fourth-order valence-electron chi connectivity index (χ4n) is 7.52. The second-order valence-electron chi connectivity index (χ2n) is 12.9. The minimum Gasteiger partial charge on any atom is -0.455 e. The molecule has 0 unspecified atom stereocenters. The summed E-state index contributed by atoms with van der Waals surface area (Å²) in [5.41, 5.74) is 13.0. The Kier molecular flexibility index (Phi) is 6.09. The maximum absolute atomic E-state index is 6.37. The number of para-hydroxylation sites is 4. The lowest BCUT2D eigenvalue weighted by Gasteiger charge is -2.08. The second kappa shape index (κ2) is 11.0. The first kappa shape index (κ1) is 28.3. The van der Waals surface area contributed by atoms with E-state index in [0.29, 0.717) is 0 Å². The van der Waals surface area contributed by atoms with E-state index in [4.69, 9.17) is 18.8 Å². The molecule has 4 nitrogen and oxygen atoms in total. The van der Waals surface area contributed by atoms with Gasteiger partial charge in [-0.1, -0.05) is 115 Å². The van der Waals surface area contributed by atoms with Crippen molar-refractivity contribution >= 4 is 75.6 Å². The molecule has 51 heavy (non-hydrogen) atoms. The van der Waals surface area contributed by atoms with Crippen molar-refractivity contribution in [1.82, 2.24) is 9.97 Å². The Morgan fingerprint density at radius 3 is 1.67 bits per heavy atom.